The largest absolute Gasteiger partial charge is 0.496 e. The summed E-state index contributed by atoms with van der Waals surface area (Å²) in [5.41, 5.74) is 3.53. The highest BCUT2D eigenvalue weighted by molar-refractivity contribution is 9.10. The number of methoxy groups -OCH3 is 1. The van der Waals surface area contributed by atoms with E-state index in [9.17, 15) is 0 Å². The number of ether oxygens (including phenoxy) is 2. The van der Waals surface area contributed by atoms with Gasteiger partial charge in [-0.2, -0.15) is 5.10 Å². The van der Waals surface area contributed by atoms with E-state index in [1.165, 1.54) is 22.9 Å². The first-order valence-electron chi connectivity index (χ1n) is 12.4. The van der Waals surface area contributed by atoms with E-state index in [-0.39, 0.29) is 18.3 Å². The molecule has 180 valence electrons. The van der Waals surface area contributed by atoms with Crippen LogP contribution in [0.3, 0.4) is 0 Å². The maximum absolute atomic E-state index is 15.1. The van der Waals surface area contributed by atoms with Gasteiger partial charge in [0.1, 0.15) is 17.6 Å². The van der Waals surface area contributed by atoms with Crippen LogP contribution in [0.4, 0.5) is 4.39 Å². The summed E-state index contributed by atoms with van der Waals surface area (Å²) in [6.45, 7) is 3.46. The molecule has 7 heteroatoms. The van der Waals surface area contributed by atoms with Gasteiger partial charge in [-0.1, -0.05) is 28.1 Å². The molecule has 2 aliphatic heterocycles. The molecule has 3 atom stereocenters. The van der Waals surface area contributed by atoms with E-state index in [1.54, 1.807) is 7.11 Å². The summed E-state index contributed by atoms with van der Waals surface area (Å²) in [6.07, 6.45) is 7.64. The van der Waals surface area contributed by atoms with Crippen LogP contribution in [-0.2, 0) is 11.2 Å². The first kappa shape index (κ1) is 22.5. The van der Waals surface area contributed by atoms with E-state index >= 15 is 4.39 Å². The van der Waals surface area contributed by atoms with Gasteiger partial charge in [-0.15, -0.1) is 0 Å². The third kappa shape index (κ3) is 3.95. The first-order chi connectivity index (χ1) is 16.5. The molecule has 1 saturated heterocycles. The Bertz CT molecular complexity index is 1220. The monoisotopic (exact) mass is 527 g/mol. The van der Waals surface area contributed by atoms with Gasteiger partial charge in [0.05, 0.1) is 18.7 Å². The van der Waals surface area contributed by atoms with Crippen molar-refractivity contribution in [2.75, 3.05) is 20.3 Å². The number of nitrogens with zero attached hydrogens (tertiary/aromatic N) is 3. The van der Waals surface area contributed by atoms with Crippen molar-refractivity contribution in [2.24, 2.45) is 0 Å². The highest BCUT2D eigenvalue weighted by Gasteiger charge is 2.48. The summed E-state index contributed by atoms with van der Waals surface area (Å²) >= 11 is 3.58. The zero-order valence-electron chi connectivity index (χ0n) is 19.8. The fraction of sp³-hybridized carbons (Fsp3) is 0.519. The SMILES string of the molecule is COc1cc(Br)ccc1[C@@H]1c2ccc3nn(C4CCCCO4)cc3c2C[C@@H](C)N1CC1(F)CC1. The van der Waals surface area contributed by atoms with Crippen LogP contribution in [0.2, 0.25) is 0 Å². The topological polar surface area (TPSA) is 39.5 Å². The van der Waals surface area contributed by atoms with Gasteiger partial charge < -0.3 is 9.47 Å². The number of hydrogen-bond donors (Lipinski definition) is 0. The minimum atomic E-state index is -1.07. The van der Waals surface area contributed by atoms with Crippen LogP contribution in [0.25, 0.3) is 10.9 Å². The molecule has 2 aromatic carbocycles. The molecule has 0 radical (unpaired) electrons. The van der Waals surface area contributed by atoms with Crippen LogP contribution in [0, 0.1) is 0 Å². The van der Waals surface area contributed by atoms with E-state index < -0.39 is 5.67 Å². The molecular formula is C27H31BrFN3O2. The molecule has 3 aliphatic rings. The zero-order valence-corrected chi connectivity index (χ0v) is 21.4. The van der Waals surface area contributed by atoms with E-state index in [0.717, 1.165) is 47.2 Å². The predicted molar refractivity (Wildman–Crippen MR) is 134 cm³/mol. The van der Waals surface area contributed by atoms with Crippen molar-refractivity contribution >= 4 is 26.8 Å². The Kier molecular flexibility index (Phi) is 5.70. The van der Waals surface area contributed by atoms with Gasteiger partial charge >= 0.3 is 0 Å². The minimum absolute atomic E-state index is 0.0120. The highest BCUT2D eigenvalue weighted by atomic mass is 79.9. The number of rotatable bonds is 5. The molecule has 0 amide bonds. The van der Waals surface area contributed by atoms with Gasteiger partial charge in [0.15, 0.2) is 0 Å². The van der Waals surface area contributed by atoms with E-state index in [4.69, 9.17) is 14.6 Å². The maximum atomic E-state index is 15.1. The standard InChI is InChI=1S/C27H31BrFN3O2/c1-17-13-21-19(8-9-23-22(21)15-32(30-23)25-5-3-4-12-34-25)26(31(17)16-27(29)10-11-27)20-7-6-18(28)14-24(20)33-2/h6-9,14-15,17,25-26H,3-5,10-13,16H2,1-2H3/t17-,25?,26+/m1/s1. The van der Waals surface area contributed by atoms with Crippen molar-refractivity contribution in [3.8, 4) is 5.75 Å². The Balaban J connectivity index is 1.49. The summed E-state index contributed by atoms with van der Waals surface area (Å²) in [5, 5.41) is 6.07. The second-order valence-electron chi connectivity index (χ2n) is 10.2. The Hall–Kier alpha value is -1.96. The van der Waals surface area contributed by atoms with Crippen molar-refractivity contribution in [3.63, 3.8) is 0 Å². The molecule has 1 aromatic heterocycles. The number of halogens is 2. The zero-order chi connectivity index (χ0) is 23.4. The van der Waals surface area contributed by atoms with Crippen LogP contribution >= 0.6 is 15.9 Å². The lowest BCUT2D eigenvalue weighted by Gasteiger charge is -2.43. The molecule has 0 N–H and O–H groups in total. The lowest BCUT2D eigenvalue weighted by molar-refractivity contribution is -0.0390. The first-order valence-corrected chi connectivity index (χ1v) is 13.2. The van der Waals surface area contributed by atoms with Crippen LogP contribution < -0.4 is 4.74 Å². The number of benzene rings is 2. The Morgan fingerprint density at radius 1 is 1.21 bits per heavy atom. The molecule has 3 heterocycles. The van der Waals surface area contributed by atoms with Gasteiger partial charge in [0.25, 0.3) is 0 Å². The summed E-state index contributed by atoms with van der Waals surface area (Å²) in [6, 6.07) is 10.6. The highest BCUT2D eigenvalue weighted by Crippen LogP contribution is 2.48. The molecule has 1 saturated carbocycles. The van der Waals surface area contributed by atoms with Crippen LogP contribution in [0.1, 0.15) is 68.0 Å². The molecule has 5 nitrogen and oxygen atoms in total. The second-order valence-corrected chi connectivity index (χ2v) is 11.1. The maximum Gasteiger partial charge on any atom is 0.150 e. The van der Waals surface area contributed by atoms with Crippen molar-refractivity contribution in [3.05, 3.63) is 57.7 Å². The normalized spacial score (nSPS) is 26.4. The molecular weight excluding hydrogens is 497 g/mol. The molecule has 2 fully saturated rings. The summed E-state index contributed by atoms with van der Waals surface area (Å²) < 4.78 is 29.9. The van der Waals surface area contributed by atoms with Gasteiger partial charge in [-0.3, -0.25) is 4.90 Å². The fourth-order valence-corrected chi connectivity index (χ4v) is 6.06. The van der Waals surface area contributed by atoms with Crippen LogP contribution in [0.5, 0.6) is 5.75 Å². The molecule has 0 spiro atoms. The second kappa shape index (κ2) is 8.61. The number of aromatic nitrogens is 2. The van der Waals surface area contributed by atoms with Gasteiger partial charge in [-0.25, -0.2) is 9.07 Å². The average molecular weight is 528 g/mol. The Morgan fingerprint density at radius 3 is 2.76 bits per heavy atom. The Morgan fingerprint density at radius 2 is 2.03 bits per heavy atom. The smallest absolute Gasteiger partial charge is 0.150 e. The molecule has 0 bridgehead atoms. The summed E-state index contributed by atoms with van der Waals surface area (Å²) in [4.78, 5) is 2.35. The lowest BCUT2D eigenvalue weighted by Crippen LogP contribution is -2.46. The van der Waals surface area contributed by atoms with E-state index in [1.807, 2.05) is 16.8 Å². The van der Waals surface area contributed by atoms with E-state index in [0.29, 0.717) is 19.4 Å². The molecule has 1 unspecified atom stereocenters. The van der Waals surface area contributed by atoms with Crippen LogP contribution in [0.15, 0.2) is 41.0 Å². The van der Waals surface area contributed by atoms with Crippen molar-refractivity contribution in [1.82, 2.24) is 14.7 Å². The Labute approximate surface area is 208 Å². The number of fused-ring (bicyclic) bond motifs is 3. The third-order valence-corrected chi connectivity index (χ3v) is 8.24. The van der Waals surface area contributed by atoms with Gasteiger partial charge in [0, 0.05) is 40.8 Å². The summed E-state index contributed by atoms with van der Waals surface area (Å²) in [5.74, 6) is 0.819. The number of hydrogen-bond acceptors (Lipinski definition) is 4. The van der Waals surface area contributed by atoms with Crippen molar-refractivity contribution in [2.45, 2.75) is 69.4 Å². The predicted octanol–water partition coefficient (Wildman–Crippen LogP) is 6.34. The average Bonchev–Trinajstić information content (AvgIpc) is 3.40. The minimum Gasteiger partial charge on any atom is -0.496 e. The van der Waals surface area contributed by atoms with Crippen molar-refractivity contribution in [1.29, 1.82) is 0 Å². The number of alkyl halides is 1. The lowest BCUT2D eigenvalue weighted by atomic mass is 9.83. The van der Waals surface area contributed by atoms with Crippen LogP contribution in [-0.4, -0.2) is 46.7 Å². The quantitative estimate of drug-likeness (QED) is 0.387. The van der Waals surface area contributed by atoms with Gasteiger partial charge in [0.2, 0.25) is 0 Å². The molecule has 6 rings (SSSR count). The van der Waals surface area contributed by atoms with Crippen molar-refractivity contribution < 1.29 is 13.9 Å². The van der Waals surface area contributed by atoms with Gasteiger partial charge in [-0.05, 0) is 74.8 Å². The van der Waals surface area contributed by atoms with E-state index in [2.05, 4.69) is 52.1 Å². The molecule has 34 heavy (non-hydrogen) atoms. The fourth-order valence-electron chi connectivity index (χ4n) is 5.72. The third-order valence-electron chi connectivity index (χ3n) is 7.75. The summed E-state index contributed by atoms with van der Waals surface area (Å²) in [7, 11) is 1.71. The molecule has 3 aromatic rings. The molecule has 1 aliphatic carbocycles.